The molecule has 14 heavy (non-hydrogen) atoms. The van der Waals surface area contributed by atoms with Crippen molar-refractivity contribution in [2.45, 2.75) is 12.5 Å². The maximum Gasteiger partial charge on any atom is 0.407 e. The molecule has 1 rings (SSSR count). The van der Waals surface area contributed by atoms with E-state index in [-0.39, 0.29) is 6.04 Å². The Kier molecular flexibility index (Phi) is 3.55. The van der Waals surface area contributed by atoms with Crippen molar-refractivity contribution in [2.24, 2.45) is 10.7 Å². The molecule has 0 aliphatic carbocycles. The fourth-order valence-electron chi connectivity index (χ4n) is 1.45. The molecule has 0 aromatic rings. The van der Waals surface area contributed by atoms with Gasteiger partial charge in [-0.1, -0.05) is 0 Å². The van der Waals surface area contributed by atoms with Crippen LogP contribution >= 0.6 is 0 Å². The maximum absolute atomic E-state index is 10.9. The molecule has 0 bridgehead atoms. The molecule has 1 fully saturated rings. The van der Waals surface area contributed by atoms with Crippen molar-refractivity contribution in [1.82, 2.24) is 10.2 Å². The van der Waals surface area contributed by atoms with Gasteiger partial charge in [0, 0.05) is 20.1 Å². The molecule has 1 heterocycles. The van der Waals surface area contributed by atoms with Crippen LogP contribution < -0.4 is 11.1 Å². The molecule has 80 valence electrons. The lowest BCUT2D eigenvalue weighted by Gasteiger charge is -2.16. The third-order valence-electron chi connectivity index (χ3n) is 2.25. The van der Waals surface area contributed by atoms with Crippen molar-refractivity contribution in [3.8, 4) is 0 Å². The fraction of sp³-hybridized carbons (Fsp3) is 0.750. The van der Waals surface area contributed by atoms with Gasteiger partial charge in [0.25, 0.3) is 0 Å². The summed E-state index contributed by atoms with van der Waals surface area (Å²) in [7, 11) is 3.00. The summed E-state index contributed by atoms with van der Waals surface area (Å²) < 4.78 is 4.50. The largest absolute Gasteiger partial charge is 0.453 e. The van der Waals surface area contributed by atoms with Gasteiger partial charge >= 0.3 is 6.09 Å². The lowest BCUT2D eigenvalue weighted by atomic mass is 10.3. The van der Waals surface area contributed by atoms with E-state index >= 15 is 0 Å². The first-order chi connectivity index (χ1) is 6.67. The van der Waals surface area contributed by atoms with Gasteiger partial charge < -0.3 is 20.7 Å². The van der Waals surface area contributed by atoms with Crippen LogP contribution in [0.15, 0.2) is 4.99 Å². The normalized spacial score (nSPS) is 22.3. The number of methoxy groups -OCH3 is 1. The average Bonchev–Trinajstić information content (AvgIpc) is 2.65. The Hall–Kier alpha value is -1.46. The SMILES string of the molecule is CN=C(N)N1CCC(NC(=O)OC)C1. The first-order valence-corrected chi connectivity index (χ1v) is 4.49. The number of alkyl carbamates (subject to hydrolysis) is 1. The molecule has 1 atom stereocenters. The van der Waals surface area contributed by atoms with E-state index in [0.717, 1.165) is 13.0 Å². The van der Waals surface area contributed by atoms with Crippen LogP contribution in [0.3, 0.4) is 0 Å². The van der Waals surface area contributed by atoms with Gasteiger partial charge in [-0.25, -0.2) is 4.79 Å². The Morgan fingerprint density at radius 2 is 2.43 bits per heavy atom. The summed E-state index contributed by atoms with van der Waals surface area (Å²) >= 11 is 0. The van der Waals surface area contributed by atoms with Crippen molar-refractivity contribution in [3.63, 3.8) is 0 Å². The van der Waals surface area contributed by atoms with Gasteiger partial charge in [-0.05, 0) is 6.42 Å². The van der Waals surface area contributed by atoms with Gasteiger partial charge in [-0.2, -0.15) is 0 Å². The lowest BCUT2D eigenvalue weighted by Crippen LogP contribution is -2.40. The number of hydrogen-bond acceptors (Lipinski definition) is 3. The molecule has 3 N–H and O–H groups in total. The summed E-state index contributed by atoms with van der Waals surface area (Å²) in [5, 5.41) is 2.72. The van der Waals surface area contributed by atoms with Gasteiger partial charge in [-0.3, -0.25) is 4.99 Å². The van der Waals surface area contributed by atoms with Crippen LogP contribution in [0, 0.1) is 0 Å². The zero-order chi connectivity index (χ0) is 10.6. The molecule has 0 aromatic carbocycles. The van der Waals surface area contributed by atoms with E-state index < -0.39 is 6.09 Å². The number of nitrogens with zero attached hydrogens (tertiary/aromatic N) is 2. The van der Waals surface area contributed by atoms with Crippen LogP contribution in [-0.2, 0) is 4.74 Å². The first-order valence-electron chi connectivity index (χ1n) is 4.49. The van der Waals surface area contributed by atoms with Crippen LogP contribution in [-0.4, -0.2) is 50.2 Å². The molecule has 1 saturated heterocycles. The Balaban J connectivity index is 2.38. The summed E-state index contributed by atoms with van der Waals surface area (Å²) in [5.41, 5.74) is 5.64. The summed E-state index contributed by atoms with van der Waals surface area (Å²) in [6.07, 6.45) is 0.467. The van der Waals surface area contributed by atoms with E-state index in [0.29, 0.717) is 12.5 Å². The van der Waals surface area contributed by atoms with Crippen LogP contribution in [0.2, 0.25) is 0 Å². The predicted molar refractivity (Wildman–Crippen MR) is 53.1 cm³/mol. The standard InChI is InChI=1S/C8H16N4O2/c1-10-7(9)12-4-3-6(5-12)11-8(13)14-2/h6H,3-5H2,1-2H3,(H2,9,10)(H,11,13). The Bertz CT molecular complexity index is 241. The van der Waals surface area contributed by atoms with Crippen molar-refractivity contribution in [3.05, 3.63) is 0 Å². The molecule has 0 radical (unpaired) electrons. The number of carbonyl (C=O) groups excluding carboxylic acids is 1. The smallest absolute Gasteiger partial charge is 0.407 e. The van der Waals surface area contributed by atoms with E-state index in [9.17, 15) is 4.79 Å². The Morgan fingerprint density at radius 3 is 3.00 bits per heavy atom. The number of ether oxygens (including phenoxy) is 1. The second-order valence-corrected chi connectivity index (χ2v) is 3.15. The van der Waals surface area contributed by atoms with E-state index in [1.807, 2.05) is 4.90 Å². The number of hydrogen-bond donors (Lipinski definition) is 2. The summed E-state index contributed by atoms with van der Waals surface area (Å²) in [5.74, 6) is 0.513. The number of amides is 1. The second kappa shape index (κ2) is 4.69. The van der Waals surface area contributed by atoms with Crippen LogP contribution in [0.5, 0.6) is 0 Å². The number of carbonyl (C=O) groups is 1. The zero-order valence-corrected chi connectivity index (χ0v) is 8.49. The van der Waals surface area contributed by atoms with E-state index in [1.165, 1.54) is 7.11 Å². The minimum Gasteiger partial charge on any atom is -0.453 e. The third-order valence-corrected chi connectivity index (χ3v) is 2.25. The van der Waals surface area contributed by atoms with Gasteiger partial charge in [0.15, 0.2) is 5.96 Å². The second-order valence-electron chi connectivity index (χ2n) is 3.15. The number of nitrogens with two attached hydrogens (primary N) is 1. The molecule has 6 heteroatoms. The predicted octanol–water partition coefficient (Wildman–Crippen LogP) is -0.639. The highest BCUT2D eigenvalue weighted by atomic mass is 16.5. The number of guanidine groups is 1. The third kappa shape index (κ3) is 2.51. The number of rotatable bonds is 1. The van der Waals surface area contributed by atoms with E-state index in [2.05, 4.69) is 15.0 Å². The van der Waals surface area contributed by atoms with Gasteiger partial charge in [0.2, 0.25) is 0 Å². The molecule has 0 saturated carbocycles. The maximum atomic E-state index is 10.9. The minimum atomic E-state index is -0.399. The van der Waals surface area contributed by atoms with E-state index in [1.54, 1.807) is 7.05 Å². The van der Waals surface area contributed by atoms with Gasteiger partial charge in [0.1, 0.15) is 0 Å². The zero-order valence-electron chi connectivity index (χ0n) is 8.49. The monoisotopic (exact) mass is 200 g/mol. The first kappa shape index (κ1) is 10.6. The van der Waals surface area contributed by atoms with Gasteiger partial charge in [0.05, 0.1) is 13.2 Å². The molecular formula is C8H16N4O2. The van der Waals surface area contributed by atoms with Crippen LogP contribution in [0.4, 0.5) is 4.79 Å². The highest BCUT2D eigenvalue weighted by Gasteiger charge is 2.24. The van der Waals surface area contributed by atoms with Crippen molar-refractivity contribution in [1.29, 1.82) is 0 Å². The highest BCUT2D eigenvalue weighted by Crippen LogP contribution is 2.08. The molecule has 1 aliphatic heterocycles. The summed E-state index contributed by atoms with van der Waals surface area (Å²) in [6, 6.07) is 0.0998. The number of likely N-dealkylation sites (tertiary alicyclic amines) is 1. The molecule has 1 unspecified atom stereocenters. The quantitative estimate of drug-likeness (QED) is 0.436. The molecule has 6 nitrogen and oxygen atoms in total. The Labute approximate surface area is 83.1 Å². The van der Waals surface area contributed by atoms with E-state index in [4.69, 9.17) is 5.73 Å². The highest BCUT2D eigenvalue weighted by molar-refractivity contribution is 5.78. The van der Waals surface area contributed by atoms with Crippen molar-refractivity contribution in [2.75, 3.05) is 27.2 Å². The molecule has 1 aliphatic rings. The van der Waals surface area contributed by atoms with Crippen LogP contribution in [0.1, 0.15) is 6.42 Å². The van der Waals surface area contributed by atoms with Crippen molar-refractivity contribution < 1.29 is 9.53 Å². The summed E-state index contributed by atoms with van der Waals surface area (Å²) in [4.78, 5) is 16.7. The lowest BCUT2D eigenvalue weighted by molar-refractivity contribution is 0.167. The Morgan fingerprint density at radius 1 is 1.71 bits per heavy atom. The summed E-state index contributed by atoms with van der Waals surface area (Å²) in [6.45, 7) is 1.51. The molecule has 0 aromatic heterocycles. The van der Waals surface area contributed by atoms with Gasteiger partial charge in [-0.15, -0.1) is 0 Å². The number of aliphatic imine (C=N–C) groups is 1. The minimum absolute atomic E-state index is 0.0998. The van der Waals surface area contributed by atoms with Crippen molar-refractivity contribution >= 4 is 12.1 Å². The molecule has 1 amide bonds. The number of nitrogens with one attached hydrogen (secondary N) is 1. The molecule has 0 spiro atoms. The topological polar surface area (TPSA) is 80.0 Å². The average molecular weight is 200 g/mol. The van der Waals surface area contributed by atoms with Crippen LogP contribution in [0.25, 0.3) is 0 Å². The fourth-order valence-corrected chi connectivity index (χ4v) is 1.45. The molecular weight excluding hydrogens is 184 g/mol.